The van der Waals surface area contributed by atoms with Crippen LogP contribution in [-0.4, -0.2) is 24.7 Å². The Morgan fingerprint density at radius 3 is 2.75 bits per heavy atom. The zero-order valence-electron chi connectivity index (χ0n) is 14.2. The van der Waals surface area contributed by atoms with E-state index in [-0.39, 0.29) is 18.1 Å². The van der Waals surface area contributed by atoms with Crippen molar-refractivity contribution >= 4 is 16.7 Å². The molecule has 4 nitrogen and oxygen atoms in total. The second-order valence-corrected chi connectivity index (χ2v) is 6.65. The van der Waals surface area contributed by atoms with E-state index in [9.17, 15) is 4.79 Å². The fraction of sp³-hybridized carbons (Fsp3) is 0.450. The van der Waals surface area contributed by atoms with E-state index in [1.165, 1.54) is 5.39 Å². The number of benzene rings is 2. The Morgan fingerprint density at radius 1 is 1.25 bits per heavy atom. The maximum atomic E-state index is 12.3. The van der Waals surface area contributed by atoms with Gasteiger partial charge in [0.1, 0.15) is 0 Å². The van der Waals surface area contributed by atoms with E-state index in [1.54, 1.807) is 0 Å². The third-order valence-electron chi connectivity index (χ3n) is 4.76. The normalized spacial score (nSPS) is 21.8. The lowest BCUT2D eigenvalue weighted by molar-refractivity contribution is -0.122. The number of ether oxygens (including phenoxy) is 1. The average molecular weight is 326 g/mol. The van der Waals surface area contributed by atoms with Gasteiger partial charge in [0.25, 0.3) is 0 Å². The summed E-state index contributed by atoms with van der Waals surface area (Å²) in [6.07, 6.45) is 3.97. The second kappa shape index (κ2) is 7.77. The summed E-state index contributed by atoms with van der Waals surface area (Å²) in [5, 5.41) is 5.42. The second-order valence-electron chi connectivity index (χ2n) is 6.65. The predicted octanol–water partition coefficient (Wildman–Crippen LogP) is 3.30. The number of rotatable bonds is 6. The Morgan fingerprint density at radius 2 is 2.04 bits per heavy atom. The molecule has 1 fully saturated rings. The summed E-state index contributed by atoms with van der Waals surface area (Å²) in [6, 6.07) is 14.3. The monoisotopic (exact) mass is 326 g/mol. The topological polar surface area (TPSA) is 64.4 Å². The smallest absolute Gasteiger partial charge is 0.220 e. The number of carbonyl (C=O) groups excluding carboxylic acids is 1. The average Bonchev–Trinajstić information content (AvgIpc) is 3.03. The van der Waals surface area contributed by atoms with Gasteiger partial charge in [0, 0.05) is 13.0 Å². The lowest BCUT2D eigenvalue weighted by Gasteiger charge is -2.19. The Bertz CT molecular complexity index is 701. The van der Waals surface area contributed by atoms with Crippen molar-refractivity contribution in [1.82, 2.24) is 5.32 Å². The summed E-state index contributed by atoms with van der Waals surface area (Å²) >= 11 is 0. The third-order valence-corrected chi connectivity index (χ3v) is 4.76. The summed E-state index contributed by atoms with van der Waals surface area (Å²) in [6.45, 7) is 2.48. The van der Waals surface area contributed by atoms with Gasteiger partial charge in [-0.1, -0.05) is 36.4 Å². The van der Waals surface area contributed by atoms with E-state index in [2.05, 4.69) is 36.5 Å². The number of nitrogens with two attached hydrogens (primary N) is 1. The molecule has 3 atom stereocenters. The molecule has 0 radical (unpaired) electrons. The van der Waals surface area contributed by atoms with Gasteiger partial charge >= 0.3 is 0 Å². The molecule has 4 heteroatoms. The summed E-state index contributed by atoms with van der Waals surface area (Å²) in [4.78, 5) is 12.3. The SMILES string of the molecule is CC1CCC(CCC(=O)NC(CN)c2ccc3ccccc3c2)O1. The predicted molar refractivity (Wildman–Crippen MR) is 96.7 cm³/mol. The molecule has 3 rings (SSSR count). The summed E-state index contributed by atoms with van der Waals surface area (Å²) in [5.74, 6) is 0.0433. The van der Waals surface area contributed by atoms with Gasteiger partial charge in [-0.05, 0) is 48.6 Å². The van der Waals surface area contributed by atoms with E-state index < -0.39 is 0 Å². The van der Waals surface area contributed by atoms with Crippen LogP contribution in [0.25, 0.3) is 10.8 Å². The first-order valence-corrected chi connectivity index (χ1v) is 8.79. The van der Waals surface area contributed by atoms with Crippen molar-refractivity contribution in [2.45, 2.75) is 50.9 Å². The highest BCUT2D eigenvalue weighted by atomic mass is 16.5. The third kappa shape index (κ3) is 4.13. The summed E-state index contributed by atoms with van der Waals surface area (Å²) in [5.41, 5.74) is 6.95. The van der Waals surface area contributed by atoms with Gasteiger partial charge in [0.05, 0.1) is 18.2 Å². The molecule has 3 N–H and O–H groups in total. The molecule has 0 spiro atoms. The van der Waals surface area contributed by atoms with E-state index in [0.29, 0.717) is 19.1 Å². The van der Waals surface area contributed by atoms with Gasteiger partial charge in [0.15, 0.2) is 0 Å². The van der Waals surface area contributed by atoms with Crippen LogP contribution in [0, 0.1) is 0 Å². The van der Waals surface area contributed by atoms with Gasteiger partial charge in [-0.15, -0.1) is 0 Å². The Labute approximate surface area is 143 Å². The van der Waals surface area contributed by atoms with Crippen molar-refractivity contribution in [3.05, 3.63) is 48.0 Å². The molecule has 1 aliphatic rings. The highest BCUT2D eigenvalue weighted by Crippen LogP contribution is 2.23. The van der Waals surface area contributed by atoms with Gasteiger partial charge in [-0.25, -0.2) is 0 Å². The lowest BCUT2D eigenvalue weighted by atomic mass is 10.0. The van der Waals surface area contributed by atoms with E-state index in [1.807, 2.05) is 18.2 Å². The van der Waals surface area contributed by atoms with Crippen LogP contribution in [0.4, 0.5) is 0 Å². The van der Waals surface area contributed by atoms with Crippen LogP contribution in [0.15, 0.2) is 42.5 Å². The number of fused-ring (bicyclic) bond motifs is 1. The van der Waals surface area contributed by atoms with Crippen LogP contribution < -0.4 is 11.1 Å². The highest BCUT2D eigenvalue weighted by molar-refractivity contribution is 5.83. The number of amides is 1. The van der Waals surface area contributed by atoms with Crippen LogP contribution in [-0.2, 0) is 9.53 Å². The van der Waals surface area contributed by atoms with E-state index >= 15 is 0 Å². The van der Waals surface area contributed by atoms with Gasteiger partial charge in [-0.2, -0.15) is 0 Å². The molecule has 1 saturated heterocycles. The van der Waals surface area contributed by atoms with Crippen molar-refractivity contribution in [2.24, 2.45) is 5.73 Å². The molecule has 2 aromatic carbocycles. The molecule has 24 heavy (non-hydrogen) atoms. The zero-order chi connectivity index (χ0) is 16.9. The summed E-state index contributed by atoms with van der Waals surface area (Å²) < 4.78 is 5.77. The first-order valence-electron chi connectivity index (χ1n) is 8.79. The first-order chi connectivity index (χ1) is 11.7. The number of hydrogen-bond donors (Lipinski definition) is 2. The van der Waals surface area contributed by atoms with E-state index in [0.717, 1.165) is 30.2 Å². The quantitative estimate of drug-likeness (QED) is 0.856. The molecule has 0 bridgehead atoms. The van der Waals surface area contributed by atoms with Crippen LogP contribution in [0.3, 0.4) is 0 Å². The molecule has 3 unspecified atom stereocenters. The molecular formula is C20H26N2O2. The minimum atomic E-state index is -0.148. The largest absolute Gasteiger partial charge is 0.375 e. The van der Waals surface area contributed by atoms with Gasteiger partial charge in [-0.3, -0.25) is 4.79 Å². The lowest BCUT2D eigenvalue weighted by Crippen LogP contribution is -2.33. The fourth-order valence-electron chi connectivity index (χ4n) is 3.36. The van der Waals surface area contributed by atoms with Crippen LogP contribution in [0.2, 0.25) is 0 Å². The number of hydrogen-bond acceptors (Lipinski definition) is 3. The minimum Gasteiger partial charge on any atom is -0.375 e. The standard InChI is InChI=1S/C20H26N2O2/c1-14-6-9-18(24-14)10-11-20(23)22-19(13-21)17-8-7-15-4-2-3-5-16(15)12-17/h2-5,7-8,12,14,18-19H,6,9-11,13,21H2,1H3,(H,22,23). The first kappa shape index (κ1) is 16.9. The van der Waals surface area contributed by atoms with Crippen molar-refractivity contribution in [3.63, 3.8) is 0 Å². The Balaban J connectivity index is 1.59. The maximum Gasteiger partial charge on any atom is 0.220 e. The van der Waals surface area contributed by atoms with Gasteiger partial charge in [0.2, 0.25) is 5.91 Å². The molecule has 128 valence electrons. The molecule has 1 amide bonds. The van der Waals surface area contributed by atoms with Crippen molar-refractivity contribution in [3.8, 4) is 0 Å². The van der Waals surface area contributed by atoms with Gasteiger partial charge < -0.3 is 15.8 Å². The van der Waals surface area contributed by atoms with Crippen LogP contribution in [0.1, 0.15) is 44.2 Å². The fourth-order valence-corrected chi connectivity index (χ4v) is 3.36. The summed E-state index contributed by atoms with van der Waals surface area (Å²) in [7, 11) is 0. The Kier molecular flexibility index (Phi) is 5.48. The number of nitrogens with one attached hydrogen (secondary N) is 1. The van der Waals surface area contributed by atoms with Crippen LogP contribution in [0.5, 0.6) is 0 Å². The molecule has 1 aliphatic heterocycles. The molecule has 2 aromatic rings. The molecule has 0 aliphatic carbocycles. The Hall–Kier alpha value is -1.91. The molecule has 0 aromatic heterocycles. The zero-order valence-corrected chi connectivity index (χ0v) is 14.2. The molecule has 0 saturated carbocycles. The maximum absolute atomic E-state index is 12.3. The molecular weight excluding hydrogens is 300 g/mol. The van der Waals surface area contributed by atoms with Crippen molar-refractivity contribution in [1.29, 1.82) is 0 Å². The number of carbonyl (C=O) groups is 1. The molecule has 1 heterocycles. The minimum absolute atomic E-state index is 0.0433. The van der Waals surface area contributed by atoms with Crippen molar-refractivity contribution < 1.29 is 9.53 Å². The van der Waals surface area contributed by atoms with E-state index in [4.69, 9.17) is 10.5 Å². The highest BCUT2D eigenvalue weighted by Gasteiger charge is 2.22. The van der Waals surface area contributed by atoms with Crippen molar-refractivity contribution in [2.75, 3.05) is 6.54 Å². The van der Waals surface area contributed by atoms with Crippen LogP contribution >= 0.6 is 0 Å².